The lowest BCUT2D eigenvalue weighted by Gasteiger charge is -2.37. The summed E-state index contributed by atoms with van der Waals surface area (Å²) in [7, 11) is -1.20. The van der Waals surface area contributed by atoms with Gasteiger partial charge < -0.3 is 29.0 Å². The largest absolute Gasteiger partial charge is 0.467 e. The number of nitrogens with zero attached hydrogens (tertiary/aromatic N) is 1. The fourth-order valence-electron chi connectivity index (χ4n) is 7.95. The van der Waals surface area contributed by atoms with Gasteiger partial charge in [0, 0.05) is 32.5 Å². The minimum atomic E-state index is -1.20. The Morgan fingerprint density at radius 2 is 1.34 bits per heavy atom. The molecule has 0 spiro atoms. The van der Waals surface area contributed by atoms with Crippen LogP contribution < -0.4 is 4.74 Å². The molecule has 6 aromatic carbocycles. The molecule has 0 aromatic heterocycles. The zero-order chi connectivity index (χ0) is 40.4. The summed E-state index contributed by atoms with van der Waals surface area (Å²) in [5, 5.41) is 12.0. The molecule has 8 heteroatoms. The molecular formula is C50H55NO6Si. The van der Waals surface area contributed by atoms with Crippen LogP contribution in [0.3, 0.4) is 0 Å². The first kappa shape index (κ1) is 40.9. The Balaban J connectivity index is 1.05. The summed E-state index contributed by atoms with van der Waals surface area (Å²) >= 11 is 0. The zero-order valence-electron chi connectivity index (χ0n) is 33.9. The number of hydrogen-bond donors (Lipinski definition) is 1. The van der Waals surface area contributed by atoms with E-state index in [4.69, 9.17) is 18.9 Å². The molecule has 6 aromatic rings. The van der Waals surface area contributed by atoms with E-state index in [0.717, 1.165) is 56.8 Å². The molecule has 0 aliphatic carbocycles. The van der Waals surface area contributed by atoms with Gasteiger partial charge in [-0.2, -0.15) is 0 Å². The lowest BCUT2D eigenvalue weighted by molar-refractivity contribution is -0.0201. The molecule has 2 unspecified atom stereocenters. The third-order valence-corrected chi connectivity index (χ3v) is 12.8. The average molecular weight is 794 g/mol. The van der Waals surface area contributed by atoms with Crippen LogP contribution in [0.15, 0.2) is 152 Å². The van der Waals surface area contributed by atoms with E-state index in [0.29, 0.717) is 39.3 Å². The number of carboxylic acid groups (broad SMARTS) is 1. The van der Waals surface area contributed by atoms with Crippen molar-refractivity contribution in [1.29, 1.82) is 0 Å². The minimum absolute atomic E-state index is 0.0405. The van der Waals surface area contributed by atoms with Crippen molar-refractivity contribution in [3.05, 3.63) is 185 Å². The second-order valence-corrected chi connectivity index (χ2v) is 22.0. The van der Waals surface area contributed by atoms with E-state index in [1.807, 2.05) is 36.4 Å². The van der Waals surface area contributed by atoms with Gasteiger partial charge in [0.1, 0.15) is 11.4 Å². The predicted octanol–water partition coefficient (Wildman–Crippen LogP) is 11.1. The van der Waals surface area contributed by atoms with Gasteiger partial charge in [-0.05, 0) is 69.8 Å². The van der Waals surface area contributed by atoms with Crippen molar-refractivity contribution in [3.8, 4) is 5.75 Å². The Labute approximate surface area is 344 Å². The van der Waals surface area contributed by atoms with Crippen molar-refractivity contribution in [1.82, 2.24) is 4.90 Å². The van der Waals surface area contributed by atoms with Crippen molar-refractivity contribution >= 4 is 24.9 Å². The lowest BCUT2D eigenvalue weighted by Crippen LogP contribution is -2.46. The first-order valence-electron chi connectivity index (χ1n) is 20.4. The number of carbonyl (C=O) groups is 1. The highest BCUT2D eigenvalue weighted by atomic mass is 28.3. The maximum atomic E-state index is 12.1. The van der Waals surface area contributed by atoms with Crippen LogP contribution in [-0.2, 0) is 32.8 Å². The van der Waals surface area contributed by atoms with Crippen molar-refractivity contribution in [2.45, 2.75) is 62.8 Å². The van der Waals surface area contributed by atoms with Crippen LogP contribution in [0.1, 0.15) is 45.7 Å². The number of piperidine rings is 1. The molecule has 1 saturated heterocycles. The normalized spacial score (nSPS) is 16.0. The Kier molecular flexibility index (Phi) is 13.4. The average Bonchev–Trinajstić information content (AvgIpc) is 3.25. The second-order valence-electron chi connectivity index (χ2n) is 16.4. The van der Waals surface area contributed by atoms with Crippen LogP contribution in [0.4, 0.5) is 4.79 Å². The molecule has 7 nitrogen and oxygen atoms in total. The lowest BCUT2D eigenvalue weighted by atomic mass is 9.80. The molecule has 1 heterocycles. The second kappa shape index (κ2) is 19.0. The molecule has 0 radical (unpaired) electrons. The molecule has 1 amide bonds. The monoisotopic (exact) mass is 793 g/mol. The van der Waals surface area contributed by atoms with Gasteiger partial charge >= 0.3 is 6.09 Å². The first-order chi connectivity index (χ1) is 28.2. The molecule has 2 atom stereocenters. The number of amides is 1. The third kappa shape index (κ3) is 10.1. The third-order valence-electron chi connectivity index (χ3n) is 11.1. The number of rotatable bonds is 17. The predicted molar refractivity (Wildman–Crippen MR) is 234 cm³/mol. The number of ether oxygens (including phenoxy) is 4. The van der Waals surface area contributed by atoms with E-state index in [2.05, 4.69) is 135 Å². The molecule has 1 aliphatic rings. The molecule has 1 N–H and O–H groups in total. The Hall–Kier alpha value is -5.25. The van der Waals surface area contributed by atoms with Crippen molar-refractivity contribution < 1.29 is 28.8 Å². The van der Waals surface area contributed by atoms with E-state index < -0.39 is 19.8 Å². The SMILES string of the molecule is C[Si](C)(C)CCOCOc1cc(COC2CN(C(=O)O)CCC2c2ccc(CCOC(c3ccccc3)(c3ccccc3)c3ccccc3)cc2)cc2ccccc12. The maximum Gasteiger partial charge on any atom is 0.407 e. The smallest absolute Gasteiger partial charge is 0.407 e. The van der Waals surface area contributed by atoms with Crippen molar-refractivity contribution in [2.75, 3.05) is 33.1 Å². The molecule has 300 valence electrons. The van der Waals surface area contributed by atoms with Gasteiger partial charge in [0.2, 0.25) is 0 Å². The molecule has 1 fully saturated rings. The quantitative estimate of drug-likeness (QED) is 0.0429. The van der Waals surface area contributed by atoms with Gasteiger partial charge in [0.25, 0.3) is 0 Å². The van der Waals surface area contributed by atoms with Gasteiger partial charge in [-0.1, -0.05) is 159 Å². The Bertz CT molecular complexity index is 2110. The Morgan fingerprint density at radius 1 is 0.741 bits per heavy atom. The molecule has 0 saturated carbocycles. The fourth-order valence-corrected chi connectivity index (χ4v) is 8.70. The molecule has 1 aliphatic heterocycles. The summed E-state index contributed by atoms with van der Waals surface area (Å²) in [4.78, 5) is 13.6. The van der Waals surface area contributed by atoms with Crippen LogP contribution in [0.2, 0.25) is 25.7 Å². The molecular weight excluding hydrogens is 739 g/mol. The highest BCUT2D eigenvalue weighted by molar-refractivity contribution is 6.76. The number of hydrogen-bond acceptors (Lipinski definition) is 5. The zero-order valence-corrected chi connectivity index (χ0v) is 34.9. The highest BCUT2D eigenvalue weighted by Crippen LogP contribution is 2.41. The fraction of sp³-hybridized carbons (Fsp3) is 0.300. The highest BCUT2D eigenvalue weighted by Gasteiger charge is 2.37. The van der Waals surface area contributed by atoms with Crippen LogP contribution in [0, 0.1) is 0 Å². The summed E-state index contributed by atoms with van der Waals surface area (Å²) in [6, 6.07) is 53.4. The number of likely N-dealkylation sites (tertiary alicyclic amines) is 1. The van der Waals surface area contributed by atoms with Crippen LogP contribution >= 0.6 is 0 Å². The number of benzene rings is 6. The summed E-state index contributed by atoms with van der Waals surface area (Å²) < 4.78 is 25.7. The summed E-state index contributed by atoms with van der Waals surface area (Å²) in [5.74, 6) is 0.795. The van der Waals surface area contributed by atoms with E-state index in [1.54, 1.807) is 0 Å². The summed E-state index contributed by atoms with van der Waals surface area (Å²) in [5.41, 5.74) is 5.74. The van der Waals surface area contributed by atoms with E-state index >= 15 is 0 Å². The van der Waals surface area contributed by atoms with Gasteiger partial charge in [-0.25, -0.2) is 4.79 Å². The molecule has 58 heavy (non-hydrogen) atoms. The summed E-state index contributed by atoms with van der Waals surface area (Å²) in [6.07, 6.45) is 0.161. The van der Waals surface area contributed by atoms with E-state index in [-0.39, 0.29) is 18.8 Å². The van der Waals surface area contributed by atoms with Gasteiger partial charge in [-0.3, -0.25) is 0 Å². The molecule has 0 bridgehead atoms. The van der Waals surface area contributed by atoms with E-state index in [9.17, 15) is 9.90 Å². The van der Waals surface area contributed by atoms with E-state index in [1.165, 1.54) is 10.5 Å². The van der Waals surface area contributed by atoms with Crippen LogP contribution in [-0.4, -0.2) is 63.4 Å². The van der Waals surface area contributed by atoms with Gasteiger partial charge in [0.15, 0.2) is 6.79 Å². The summed E-state index contributed by atoms with van der Waals surface area (Å²) in [6.45, 7) is 9.47. The first-order valence-corrected chi connectivity index (χ1v) is 24.1. The van der Waals surface area contributed by atoms with Gasteiger partial charge in [0.05, 0.1) is 25.9 Å². The maximum absolute atomic E-state index is 12.1. The Morgan fingerprint density at radius 3 is 1.95 bits per heavy atom. The minimum Gasteiger partial charge on any atom is -0.467 e. The van der Waals surface area contributed by atoms with Crippen LogP contribution in [0.25, 0.3) is 10.8 Å². The molecule has 7 rings (SSSR count). The topological polar surface area (TPSA) is 77.5 Å². The van der Waals surface area contributed by atoms with Crippen molar-refractivity contribution in [3.63, 3.8) is 0 Å². The number of fused-ring (bicyclic) bond motifs is 1. The van der Waals surface area contributed by atoms with Crippen molar-refractivity contribution in [2.24, 2.45) is 0 Å². The van der Waals surface area contributed by atoms with Crippen LogP contribution in [0.5, 0.6) is 5.75 Å². The van der Waals surface area contributed by atoms with Gasteiger partial charge in [-0.15, -0.1) is 0 Å². The standard InChI is InChI=1S/C50H55NO6Si/c1-58(2,3)32-31-54-37-56-47-34-39(33-41-15-13-14-22-45(41)47)36-55-48-35-51(49(52)53)29-27-46(48)40-25-23-38(24-26-40)28-30-57-50(42-16-7-4-8-17-42,43-18-9-5-10-19-43)44-20-11-6-12-21-44/h4-26,33-34,46,48H,27-32,35-37H2,1-3H3,(H,52,53).